The molecule has 0 fully saturated rings. The van der Waals surface area contributed by atoms with Crippen LogP contribution < -0.4 is 56.5 Å². The van der Waals surface area contributed by atoms with E-state index in [2.05, 4.69) is 4.74 Å². The molecule has 0 amide bonds. The molecule has 6 heteroatoms. The smallest absolute Gasteiger partial charge is 0.549 e. The molecule has 90 valence electrons. The van der Waals surface area contributed by atoms with Crippen molar-refractivity contribution >= 4 is 11.9 Å². The number of rotatable bonds is 6. The number of aliphatic carboxylic acids is 1. The molecular weight excluding hydrogens is 249 g/mol. The number of nitrogens with zero attached hydrogens (tertiary/aromatic N) is 1. The van der Waals surface area contributed by atoms with E-state index in [1.54, 1.807) is 6.92 Å². The first-order valence-corrected chi connectivity index (χ1v) is 5.21. The molecule has 0 aromatic carbocycles. The SMILES string of the molecule is CCOC(=O)C(C(=O)[O-])[C@H](C#N)CC(C)C.[K+]. The largest absolute Gasteiger partial charge is 1.00 e. The summed E-state index contributed by atoms with van der Waals surface area (Å²) in [5.74, 6) is -4.71. The first-order chi connectivity index (χ1) is 7.43. The van der Waals surface area contributed by atoms with Crippen molar-refractivity contribution in [3.05, 3.63) is 0 Å². The van der Waals surface area contributed by atoms with Crippen LogP contribution in [0.2, 0.25) is 0 Å². The molecule has 0 saturated heterocycles. The van der Waals surface area contributed by atoms with Gasteiger partial charge < -0.3 is 14.6 Å². The van der Waals surface area contributed by atoms with Crippen LogP contribution in [0.3, 0.4) is 0 Å². The molecule has 0 heterocycles. The summed E-state index contributed by atoms with van der Waals surface area (Å²) >= 11 is 0. The minimum Gasteiger partial charge on any atom is -0.549 e. The van der Waals surface area contributed by atoms with E-state index in [1.165, 1.54) is 0 Å². The third-order valence-corrected chi connectivity index (χ3v) is 2.09. The Balaban J connectivity index is 0. The van der Waals surface area contributed by atoms with Gasteiger partial charge in [0.1, 0.15) is 5.92 Å². The molecule has 0 bridgehead atoms. The normalized spacial score (nSPS) is 13.1. The molecule has 2 atom stereocenters. The Hall–Kier alpha value is 0.0664. The van der Waals surface area contributed by atoms with Gasteiger partial charge in [0, 0.05) is 0 Å². The molecule has 5 nitrogen and oxygen atoms in total. The van der Waals surface area contributed by atoms with Crippen LogP contribution in [0.1, 0.15) is 27.2 Å². The summed E-state index contributed by atoms with van der Waals surface area (Å²) in [5, 5.41) is 19.7. The minimum atomic E-state index is -1.55. The second-order valence-corrected chi connectivity index (χ2v) is 3.91. The summed E-state index contributed by atoms with van der Waals surface area (Å²) in [6.45, 7) is 5.36. The molecule has 0 N–H and O–H groups in total. The molecule has 0 spiro atoms. The van der Waals surface area contributed by atoms with E-state index in [0.717, 1.165) is 0 Å². The molecule has 0 aromatic rings. The molecule has 17 heavy (non-hydrogen) atoms. The predicted molar refractivity (Wildman–Crippen MR) is 53.7 cm³/mol. The average Bonchev–Trinajstić information content (AvgIpc) is 2.15. The van der Waals surface area contributed by atoms with Gasteiger partial charge in [-0.05, 0) is 19.3 Å². The van der Waals surface area contributed by atoms with E-state index in [1.807, 2.05) is 19.9 Å². The van der Waals surface area contributed by atoms with Gasteiger partial charge in [-0.2, -0.15) is 5.26 Å². The number of carbonyl (C=O) groups is 2. The van der Waals surface area contributed by atoms with E-state index >= 15 is 0 Å². The number of hydrogen-bond acceptors (Lipinski definition) is 5. The monoisotopic (exact) mass is 265 g/mol. The van der Waals surface area contributed by atoms with Crippen LogP contribution in [0.15, 0.2) is 0 Å². The summed E-state index contributed by atoms with van der Waals surface area (Å²) in [6, 6.07) is 1.83. The Morgan fingerprint density at radius 2 is 1.94 bits per heavy atom. The Bertz CT molecular complexity index is 298. The van der Waals surface area contributed by atoms with Crippen molar-refractivity contribution in [2.45, 2.75) is 27.2 Å². The van der Waals surface area contributed by atoms with Crippen LogP contribution in [0.5, 0.6) is 0 Å². The number of carboxylic acids is 1. The number of ether oxygens (including phenoxy) is 1. The maximum atomic E-state index is 11.4. The van der Waals surface area contributed by atoms with Crippen LogP contribution in [0.4, 0.5) is 0 Å². The molecule has 0 radical (unpaired) electrons. The van der Waals surface area contributed by atoms with E-state index in [4.69, 9.17) is 5.26 Å². The molecule has 0 aliphatic rings. The van der Waals surface area contributed by atoms with E-state index < -0.39 is 23.8 Å². The van der Waals surface area contributed by atoms with Crippen molar-refractivity contribution in [2.75, 3.05) is 6.61 Å². The van der Waals surface area contributed by atoms with Crippen LogP contribution in [0.25, 0.3) is 0 Å². The van der Waals surface area contributed by atoms with E-state index in [0.29, 0.717) is 6.42 Å². The standard InChI is InChI=1S/C11H17NO4.K/c1-4-16-11(15)9(10(13)14)8(6-12)5-7(2)3;/h7-9H,4-5H2,1-3H3,(H,13,14);/q;+1/p-1/t8-,9?;/m0./s1. The van der Waals surface area contributed by atoms with Gasteiger partial charge in [-0.3, -0.25) is 4.79 Å². The zero-order chi connectivity index (χ0) is 12.7. The Labute approximate surface area is 144 Å². The van der Waals surface area contributed by atoms with Gasteiger partial charge >= 0.3 is 57.4 Å². The third-order valence-electron chi connectivity index (χ3n) is 2.09. The van der Waals surface area contributed by atoms with Gasteiger partial charge in [0.15, 0.2) is 0 Å². The van der Waals surface area contributed by atoms with Gasteiger partial charge in [-0.15, -0.1) is 0 Å². The van der Waals surface area contributed by atoms with Gasteiger partial charge in [0.2, 0.25) is 0 Å². The van der Waals surface area contributed by atoms with Crippen molar-refractivity contribution in [2.24, 2.45) is 17.8 Å². The zero-order valence-electron chi connectivity index (χ0n) is 10.7. The maximum Gasteiger partial charge on any atom is 1.00 e. The summed E-state index contributed by atoms with van der Waals surface area (Å²) in [7, 11) is 0. The van der Waals surface area contributed by atoms with Crippen molar-refractivity contribution in [1.82, 2.24) is 0 Å². The van der Waals surface area contributed by atoms with Gasteiger partial charge in [-0.25, -0.2) is 0 Å². The quantitative estimate of drug-likeness (QED) is 0.292. The van der Waals surface area contributed by atoms with Crippen molar-refractivity contribution in [1.29, 1.82) is 5.26 Å². The minimum absolute atomic E-state index is 0. The number of esters is 1. The fraction of sp³-hybridized carbons (Fsp3) is 0.727. The second-order valence-electron chi connectivity index (χ2n) is 3.91. The number of carboxylic acid groups (broad SMARTS) is 1. The topological polar surface area (TPSA) is 90.2 Å². The molecule has 0 rings (SSSR count). The molecule has 0 saturated carbocycles. The van der Waals surface area contributed by atoms with E-state index in [-0.39, 0.29) is 63.9 Å². The van der Waals surface area contributed by atoms with Crippen molar-refractivity contribution < 1.29 is 70.8 Å². The zero-order valence-corrected chi connectivity index (χ0v) is 13.8. The Morgan fingerprint density at radius 3 is 2.24 bits per heavy atom. The van der Waals surface area contributed by atoms with Crippen LogP contribution >= 0.6 is 0 Å². The fourth-order valence-corrected chi connectivity index (χ4v) is 1.43. The number of nitriles is 1. The molecule has 0 aromatic heterocycles. The van der Waals surface area contributed by atoms with Crippen LogP contribution in [-0.2, 0) is 14.3 Å². The van der Waals surface area contributed by atoms with Crippen LogP contribution in [0, 0.1) is 29.1 Å². The Morgan fingerprint density at radius 1 is 1.41 bits per heavy atom. The fourth-order valence-electron chi connectivity index (χ4n) is 1.43. The maximum absolute atomic E-state index is 11.4. The number of hydrogen-bond donors (Lipinski definition) is 0. The molecule has 0 aliphatic heterocycles. The Kier molecular flexibility index (Phi) is 11.5. The van der Waals surface area contributed by atoms with Gasteiger partial charge in [0.05, 0.1) is 24.6 Å². The third kappa shape index (κ3) is 7.16. The van der Waals surface area contributed by atoms with Crippen molar-refractivity contribution in [3.8, 4) is 6.07 Å². The summed E-state index contributed by atoms with van der Waals surface area (Å²) in [6.07, 6.45) is 0.327. The predicted octanol–water partition coefficient (Wildman–Crippen LogP) is -2.89. The molecule has 0 aliphatic carbocycles. The molecule has 1 unspecified atom stereocenters. The molecular formula is C11H16KNO4. The van der Waals surface area contributed by atoms with Gasteiger partial charge in [-0.1, -0.05) is 13.8 Å². The first kappa shape index (κ1) is 19.4. The van der Waals surface area contributed by atoms with Gasteiger partial charge in [0.25, 0.3) is 0 Å². The second kappa shape index (κ2) is 10.0. The van der Waals surface area contributed by atoms with Crippen molar-refractivity contribution in [3.63, 3.8) is 0 Å². The summed E-state index contributed by atoms with van der Waals surface area (Å²) in [4.78, 5) is 22.2. The number of carbonyl (C=O) groups excluding carboxylic acids is 2. The average molecular weight is 265 g/mol. The first-order valence-electron chi connectivity index (χ1n) is 5.21. The summed E-state index contributed by atoms with van der Waals surface area (Å²) in [5.41, 5.74) is 0. The van der Waals surface area contributed by atoms with Crippen LogP contribution in [-0.4, -0.2) is 18.5 Å². The van der Waals surface area contributed by atoms with E-state index in [9.17, 15) is 14.7 Å². The summed E-state index contributed by atoms with van der Waals surface area (Å²) < 4.78 is 4.62.